The van der Waals surface area contributed by atoms with Crippen LogP contribution in [0, 0.1) is 23.6 Å². The van der Waals surface area contributed by atoms with E-state index in [0.717, 1.165) is 9.80 Å². The number of carbonyl (C=O) groups is 9. The summed E-state index contributed by atoms with van der Waals surface area (Å²) in [7, 11) is 5.49. The molecule has 19 nitrogen and oxygen atoms in total. The second kappa shape index (κ2) is 28.7. The molecule has 82 heavy (non-hydrogen) atoms. The van der Waals surface area contributed by atoms with Gasteiger partial charge in [-0.15, -0.1) is 0 Å². The second-order valence-corrected chi connectivity index (χ2v) is 23.4. The molecule has 0 radical (unpaired) electrons. The van der Waals surface area contributed by atoms with E-state index in [1.807, 2.05) is 32.9 Å². The van der Waals surface area contributed by atoms with Gasteiger partial charge in [0, 0.05) is 53.5 Å². The lowest BCUT2D eigenvalue weighted by molar-refractivity contribution is -0.177. The first-order valence-electron chi connectivity index (χ1n) is 28.6. The first kappa shape index (κ1) is 65.6. The number of carbonyl (C=O) groups excluding carboxylic acids is 9. The summed E-state index contributed by atoms with van der Waals surface area (Å²) < 4.78 is 20.1. The second-order valence-electron chi connectivity index (χ2n) is 23.4. The van der Waals surface area contributed by atoms with Gasteiger partial charge < -0.3 is 50.3 Å². The van der Waals surface area contributed by atoms with Crippen LogP contribution in [0.3, 0.4) is 0 Å². The Bertz CT molecular complexity index is 2760. The molecular formula is C62H87FN8O11. The molecule has 448 valence electrons. The van der Waals surface area contributed by atoms with Crippen molar-refractivity contribution in [3.05, 3.63) is 95.8 Å². The van der Waals surface area contributed by atoms with Crippen molar-refractivity contribution in [2.24, 2.45) is 17.8 Å². The fourth-order valence-corrected chi connectivity index (χ4v) is 10.5. The number of hydrogen-bond acceptors (Lipinski definition) is 11. The first-order chi connectivity index (χ1) is 38.5. The van der Waals surface area contributed by atoms with Gasteiger partial charge >= 0.3 is 5.97 Å². The smallest absolute Gasteiger partial charge is 0.332 e. The molecule has 2 fully saturated rings. The van der Waals surface area contributed by atoms with Crippen molar-refractivity contribution in [1.29, 1.82) is 0 Å². The van der Waals surface area contributed by atoms with E-state index in [1.54, 1.807) is 75.4 Å². The lowest BCUT2D eigenvalue weighted by Gasteiger charge is -2.39. The fourth-order valence-electron chi connectivity index (χ4n) is 10.5. The summed E-state index contributed by atoms with van der Waals surface area (Å²) in [6, 6.07) is 11.6. The van der Waals surface area contributed by atoms with Crippen molar-refractivity contribution in [2.45, 2.75) is 174 Å². The standard InChI is InChI=1S/C62H87FN8O11/c1-15-37(5)50-59(78)67(11)39(7)53(72)64-46(32-36(3)4)57(76)70(14)52(62(9,10)81)61(80)82-51(38(6)16-2)60(79)68(12)40(8)54(73)65-47(34-41-22-18-17-19-23-41)56(75)69(13)49(58(77)71-31-21-26-48(71)55(74)66-50)35-42-24-20-25-44(33-42)43-27-29-45(63)30-28-43/h17-20,22-25,27-30,33,36-40,46-52,81H,15-16,21,26,31-32,34-35H2,1-14H3,(H,64,72)(H,65,73)(H,66,74)/t37?,38-,39+,40+,46?,47?,48+,49?,50?,51?,52?/m1/s1. The van der Waals surface area contributed by atoms with Gasteiger partial charge in [0.1, 0.15) is 48.1 Å². The van der Waals surface area contributed by atoms with Crippen molar-refractivity contribution in [3.63, 3.8) is 0 Å². The van der Waals surface area contributed by atoms with E-state index in [4.69, 9.17) is 4.74 Å². The third kappa shape index (κ3) is 16.1. The molecule has 8 amide bonds. The zero-order chi connectivity index (χ0) is 61.1. The van der Waals surface area contributed by atoms with Gasteiger partial charge in [-0.05, 0) is 99.6 Å². The quantitative estimate of drug-likeness (QED) is 0.178. The van der Waals surface area contributed by atoms with Crippen LogP contribution in [0.1, 0.15) is 112 Å². The average molecular weight is 1140 g/mol. The molecule has 2 heterocycles. The average Bonchev–Trinajstić information content (AvgIpc) is 3.98. The Morgan fingerprint density at radius 1 is 0.622 bits per heavy atom. The van der Waals surface area contributed by atoms with Crippen LogP contribution in [-0.4, -0.2) is 178 Å². The molecule has 3 aromatic carbocycles. The molecule has 2 aliphatic rings. The molecule has 0 saturated carbocycles. The van der Waals surface area contributed by atoms with Crippen LogP contribution in [-0.2, 0) is 60.7 Å². The maximum Gasteiger partial charge on any atom is 0.332 e. The first-order valence-corrected chi connectivity index (χ1v) is 28.6. The number of halogens is 1. The number of benzene rings is 3. The summed E-state index contributed by atoms with van der Waals surface area (Å²) >= 11 is 0. The molecule has 7 unspecified atom stereocenters. The highest BCUT2D eigenvalue weighted by molar-refractivity contribution is 5.99. The summed E-state index contributed by atoms with van der Waals surface area (Å²) in [5, 5.41) is 20.2. The van der Waals surface area contributed by atoms with Gasteiger partial charge in [-0.3, -0.25) is 38.4 Å². The third-order valence-electron chi connectivity index (χ3n) is 16.4. The van der Waals surface area contributed by atoms with Crippen LogP contribution in [0.2, 0.25) is 0 Å². The number of likely N-dealkylation sites (N-methyl/N-ethyl adjacent to an activating group) is 4. The minimum atomic E-state index is -1.98. The molecule has 2 saturated heterocycles. The highest BCUT2D eigenvalue weighted by Gasteiger charge is 2.47. The van der Waals surface area contributed by atoms with Crippen molar-refractivity contribution in [3.8, 4) is 11.1 Å². The topological polar surface area (TPSA) is 235 Å². The Hall–Kier alpha value is -7.22. The number of amides is 8. The van der Waals surface area contributed by atoms with E-state index in [-0.39, 0.29) is 38.1 Å². The number of fused-ring (bicyclic) bond motifs is 1. The summed E-state index contributed by atoms with van der Waals surface area (Å²) in [4.78, 5) is 139. The van der Waals surface area contributed by atoms with Crippen LogP contribution < -0.4 is 16.0 Å². The number of hydrogen-bond donors (Lipinski definition) is 4. The van der Waals surface area contributed by atoms with E-state index in [2.05, 4.69) is 16.0 Å². The van der Waals surface area contributed by atoms with Gasteiger partial charge in [-0.1, -0.05) is 115 Å². The summed E-state index contributed by atoms with van der Waals surface area (Å²) in [6.07, 6.45) is -0.216. The van der Waals surface area contributed by atoms with E-state index in [0.29, 0.717) is 41.5 Å². The summed E-state index contributed by atoms with van der Waals surface area (Å²) in [5.41, 5.74) is 0.704. The molecule has 0 aliphatic carbocycles. The van der Waals surface area contributed by atoms with Gasteiger partial charge in [0.25, 0.3) is 5.91 Å². The molecule has 4 N–H and O–H groups in total. The number of rotatable bonds is 12. The molecule has 0 spiro atoms. The Balaban J connectivity index is 1.67. The SMILES string of the molecule is CCC(C)C1NC(=O)[C@@H]2CCCN2C(=O)C(Cc2cccc(-c3ccc(F)cc3)c2)N(C)C(=O)C(Cc2ccccc2)NC(=O)[C@H](C)N(C)C(=O)C([C@H](C)CC)OC(=O)C(C(C)(C)O)N(C)C(=O)C(CC(C)C)NC(=O)[C@H](C)N(C)C1=O. The largest absolute Gasteiger partial charge is 0.450 e. The van der Waals surface area contributed by atoms with E-state index in [9.17, 15) is 43.1 Å². The molecular weight excluding hydrogens is 1050 g/mol. The highest BCUT2D eigenvalue weighted by Crippen LogP contribution is 2.28. The normalized spacial score (nSPS) is 25.8. The summed E-state index contributed by atoms with van der Waals surface area (Å²) in [6.45, 7) is 16.4. The van der Waals surface area contributed by atoms with Crippen molar-refractivity contribution < 1.29 is 57.4 Å². The molecule has 20 heteroatoms. The number of aliphatic hydroxyl groups is 1. The number of esters is 1. The van der Waals surface area contributed by atoms with Crippen molar-refractivity contribution in [2.75, 3.05) is 34.7 Å². The Kier molecular flexibility index (Phi) is 22.9. The van der Waals surface area contributed by atoms with Crippen LogP contribution in [0.5, 0.6) is 0 Å². The molecule has 2 aliphatic heterocycles. The van der Waals surface area contributed by atoms with Crippen LogP contribution in [0.15, 0.2) is 78.9 Å². The third-order valence-corrected chi connectivity index (χ3v) is 16.4. The number of cyclic esters (lactones) is 1. The minimum absolute atomic E-state index is 0.0508. The van der Waals surface area contributed by atoms with Crippen molar-refractivity contribution in [1.82, 2.24) is 40.4 Å². The molecule has 5 rings (SSSR count). The predicted octanol–water partition coefficient (Wildman–Crippen LogP) is 4.91. The van der Waals surface area contributed by atoms with Gasteiger partial charge in [0.2, 0.25) is 41.4 Å². The zero-order valence-corrected chi connectivity index (χ0v) is 50.2. The lowest BCUT2D eigenvalue weighted by Crippen LogP contribution is -2.62. The Morgan fingerprint density at radius 2 is 1.18 bits per heavy atom. The van der Waals surface area contributed by atoms with Crippen LogP contribution in [0.4, 0.5) is 4.39 Å². The zero-order valence-electron chi connectivity index (χ0n) is 50.2. The predicted molar refractivity (Wildman–Crippen MR) is 308 cm³/mol. The van der Waals surface area contributed by atoms with E-state index >= 15 is 9.59 Å². The van der Waals surface area contributed by atoms with Gasteiger partial charge in [0.05, 0.1) is 5.60 Å². The number of nitrogens with zero attached hydrogens (tertiary/aromatic N) is 5. The van der Waals surface area contributed by atoms with Gasteiger partial charge in [-0.2, -0.15) is 0 Å². The lowest BCUT2D eigenvalue weighted by atomic mass is 9.94. The maximum absolute atomic E-state index is 15.5. The minimum Gasteiger partial charge on any atom is -0.450 e. The Labute approximate surface area is 483 Å². The summed E-state index contributed by atoms with van der Waals surface area (Å²) in [5.74, 6) is -8.43. The van der Waals surface area contributed by atoms with Crippen molar-refractivity contribution >= 4 is 53.2 Å². The monoisotopic (exact) mass is 1140 g/mol. The van der Waals surface area contributed by atoms with E-state index < -0.39 is 131 Å². The Morgan fingerprint density at radius 3 is 1.76 bits per heavy atom. The maximum atomic E-state index is 15.5. The van der Waals surface area contributed by atoms with Crippen LogP contribution in [0.25, 0.3) is 11.1 Å². The molecule has 0 aromatic heterocycles. The number of ether oxygens (including phenoxy) is 1. The molecule has 11 atom stereocenters. The molecule has 3 aromatic rings. The van der Waals surface area contributed by atoms with Gasteiger partial charge in [-0.25, -0.2) is 9.18 Å². The molecule has 0 bridgehead atoms. The number of nitrogens with one attached hydrogen (secondary N) is 3. The van der Waals surface area contributed by atoms with Gasteiger partial charge in [0.15, 0.2) is 12.1 Å². The van der Waals surface area contributed by atoms with E-state index in [1.165, 1.54) is 82.7 Å². The highest BCUT2D eigenvalue weighted by atomic mass is 19.1. The van der Waals surface area contributed by atoms with Crippen LogP contribution >= 0.6 is 0 Å². The fraction of sp³-hybridized carbons (Fsp3) is 0.565.